The summed E-state index contributed by atoms with van der Waals surface area (Å²) in [6.45, 7) is 5.55. The van der Waals surface area contributed by atoms with Gasteiger partial charge in [-0.1, -0.05) is 13.0 Å². The second kappa shape index (κ2) is 7.50. The molecule has 0 radical (unpaired) electrons. The van der Waals surface area contributed by atoms with Crippen molar-refractivity contribution < 1.29 is 4.39 Å². The Morgan fingerprint density at radius 1 is 1.24 bits per heavy atom. The average molecular weight is 360 g/mol. The Balaban J connectivity index is 1.51. The van der Waals surface area contributed by atoms with Gasteiger partial charge in [-0.05, 0) is 62.4 Å². The van der Waals surface area contributed by atoms with Gasteiger partial charge >= 0.3 is 0 Å². The topological polar surface area (TPSA) is 28.5 Å². The fraction of sp³-hybridized carbons (Fsp3) is 0.600. The lowest BCUT2D eigenvalue weighted by molar-refractivity contribution is 0.197. The van der Waals surface area contributed by atoms with Crippen LogP contribution in [0.5, 0.6) is 0 Å². The molecule has 3 heterocycles. The molecular weight excluding hydrogens is 333 g/mol. The van der Waals surface area contributed by atoms with Crippen LogP contribution in [0.1, 0.15) is 49.1 Å². The van der Waals surface area contributed by atoms with Crippen LogP contribution in [0, 0.1) is 5.92 Å². The first kappa shape index (κ1) is 17.1. The van der Waals surface area contributed by atoms with Crippen LogP contribution in [0.3, 0.4) is 0 Å². The Hall–Kier alpha value is -1.33. The van der Waals surface area contributed by atoms with Crippen molar-refractivity contribution >= 4 is 27.3 Å². The van der Waals surface area contributed by atoms with Gasteiger partial charge < -0.3 is 4.90 Å². The quantitative estimate of drug-likeness (QED) is 0.794. The Labute approximate surface area is 153 Å². The molecule has 2 aromatic rings. The molecule has 1 saturated heterocycles. The molecule has 0 unspecified atom stereocenters. The number of halogens is 1. The van der Waals surface area contributed by atoms with Crippen LogP contribution in [0.15, 0.2) is 23.2 Å². The van der Waals surface area contributed by atoms with Crippen LogP contribution in [0.2, 0.25) is 0 Å². The highest BCUT2D eigenvalue weighted by atomic mass is 32.1. The molecule has 0 spiro atoms. The summed E-state index contributed by atoms with van der Waals surface area (Å²) in [4.78, 5) is 11.9. The smallest absolute Gasteiger partial charge is 0.102 e. The molecule has 2 aliphatic rings. The number of alkyl halides is 1. The Morgan fingerprint density at radius 2 is 2.08 bits per heavy atom. The minimum absolute atomic E-state index is 0.239. The number of hydrogen-bond donors (Lipinski definition) is 0. The van der Waals surface area contributed by atoms with Crippen LogP contribution in [-0.2, 0) is 0 Å². The molecule has 1 fully saturated rings. The zero-order chi connectivity index (χ0) is 17.2. The molecule has 3 nitrogen and oxygen atoms in total. The summed E-state index contributed by atoms with van der Waals surface area (Å²) in [5.41, 5.74) is 3.60. The highest BCUT2D eigenvalue weighted by Crippen LogP contribution is 2.34. The summed E-state index contributed by atoms with van der Waals surface area (Å²) in [5, 5.41) is 1.26. The first-order valence-corrected chi connectivity index (χ1v) is 10.3. The van der Waals surface area contributed by atoms with Gasteiger partial charge in [0, 0.05) is 24.7 Å². The average Bonchev–Trinajstić information content (AvgIpc) is 3.06. The third-order valence-electron chi connectivity index (χ3n) is 5.54. The molecule has 1 aromatic heterocycles. The number of rotatable bonds is 4. The number of aliphatic imine (C=N–C) groups is 1. The monoisotopic (exact) mass is 359 g/mol. The van der Waals surface area contributed by atoms with Gasteiger partial charge in [0.15, 0.2) is 0 Å². The van der Waals surface area contributed by atoms with Crippen molar-refractivity contribution in [1.29, 1.82) is 0 Å². The van der Waals surface area contributed by atoms with E-state index in [4.69, 9.17) is 9.98 Å². The van der Waals surface area contributed by atoms with E-state index in [2.05, 4.69) is 30.0 Å². The number of benzene rings is 1. The molecule has 0 amide bonds. The summed E-state index contributed by atoms with van der Waals surface area (Å²) in [6.07, 6.45) is 4.50. The van der Waals surface area contributed by atoms with E-state index in [-0.39, 0.29) is 6.67 Å². The van der Waals surface area contributed by atoms with Gasteiger partial charge in [0.2, 0.25) is 0 Å². The van der Waals surface area contributed by atoms with E-state index in [1.165, 1.54) is 27.4 Å². The number of likely N-dealkylation sites (tertiary alicyclic amines) is 1. The van der Waals surface area contributed by atoms with Crippen molar-refractivity contribution in [2.45, 2.75) is 38.5 Å². The van der Waals surface area contributed by atoms with Crippen molar-refractivity contribution in [3.05, 3.63) is 28.8 Å². The van der Waals surface area contributed by atoms with Crippen LogP contribution in [0.4, 0.5) is 4.39 Å². The van der Waals surface area contributed by atoms with E-state index >= 15 is 0 Å². The third kappa shape index (κ3) is 3.77. The number of hydrogen-bond acceptors (Lipinski definition) is 4. The molecule has 0 N–H and O–H groups in total. The first-order chi connectivity index (χ1) is 12.2. The van der Waals surface area contributed by atoms with E-state index in [0.717, 1.165) is 44.4 Å². The molecule has 0 saturated carbocycles. The van der Waals surface area contributed by atoms with E-state index in [9.17, 15) is 4.39 Å². The molecule has 5 heteroatoms. The van der Waals surface area contributed by atoms with E-state index in [0.29, 0.717) is 18.4 Å². The summed E-state index contributed by atoms with van der Waals surface area (Å²) in [5.74, 6) is 1.24. The van der Waals surface area contributed by atoms with Gasteiger partial charge in [0.25, 0.3) is 0 Å². The van der Waals surface area contributed by atoms with Crippen molar-refractivity contribution in [2.75, 3.05) is 32.9 Å². The number of nitrogens with zero attached hydrogens (tertiary/aromatic N) is 3. The van der Waals surface area contributed by atoms with Gasteiger partial charge in [-0.3, -0.25) is 4.99 Å². The third-order valence-corrected chi connectivity index (χ3v) is 6.74. The predicted molar refractivity (Wildman–Crippen MR) is 104 cm³/mol. The zero-order valence-corrected chi connectivity index (χ0v) is 15.7. The number of fused-ring (bicyclic) bond motifs is 1. The van der Waals surface area contributed by atoms with Crippen molar-refractivity contribution in [1.82, 2.24) is 9.88 Å². The molecule has 2 aliphatic heterocycles. The number of piperidine rings is 1. The fourth-order valence-corrected chi connectivity index (χ4v) is 4.99. The fourth-order valence-electron chi connectivity index (χ4n) is 3.88. The zero-order valence-electron chi connectivity index (χ0n) is 14.9. The molecule has 134 valence electrons. The maximum Gasteiger partial charge on any atom is 0.102 e. The van der Waals surface area contributed by atoms with Crippen molar-refractivity contribution in [2.24, 2.45) is 10.9 Å². The normalized spacial score (nSPS) is 23.1. The van der Waals surface area contributed by atoms with E-state index in [1.54, 1.807) is 0 Å². The summed E-state index contributed by atoms with van der Waals surface area (Å²) >= 11 is 1.83. The number of aromatic nitrogens is 1. The molecule has 1 atom stereocenters. The molecule has 0 aliphatic carbocycles. The lowest BCUT2D eigenvalue weighted by atomic mass is 9.96. The van der Waals surface area contributed by atoms with Crippen LogP contribution < -0.4 is 0 Å². The highest BCUT2D eigenvalue weighted by molar-refractivity contribution is 7.18. The maximum atomic E-state index is 12.5. The van der Waals surface area contributed by atoms with Gasteiger partial charge in [-0.15, -0.1) is 11.3 Å². The molecular formula is C20H26FN3S. The SMILES string of the molecule is C[C@H]1CCC(c2ccc3sc(C4CCN(CCF)CC4)nc3c2)=NC1. The lowest BCUT2D eigenvalue weighted by Gasteiger charge is -2.30. The second-order valence-electron chi connectivity index (χ2n) is 7.47. The molecule has 25 heavy (non-hydrogen) atoms. The summed E-state index contributed by atoms with van der Waals surface area (Å²) in [7, 11) is 0. The highest BCUT2D eigenvalue weighted by Gasteiger charge is 2.23. The van der Waals surface area contributed by atoms with E-state index in [1.807, 2.05) is 11.3 Å². The molecule has 4 rings (SSSR count). The van der Waals surface area contributed by atoms with Crippen LogP contribution in [0.25, 0.3) is 10.2 Å². The van der Waals surface area contributed by atoms with Crippen LogP contribution >= 0.6 is 11.3 Å². The Bertz CT molecular complexity index is 761. The minimum Gasteiger partial charge on any atom is -0.301 e. The van der Waals surface area contributed by atoms with Gasteiger partial charge in [-0.25, -0.2) is 9.37 Å². The summed E-state index contributed by atoms with van der Waals surface area (Å²) in [6, 6.07) is 6.65. The lowest BCUT2D eigenvalue weighted by Crippen LogP contribution is -2.34. The standard InChI is InChI=1S/C20H26FN3S/c1-14-2-4-17(22-13-14)16-3-5-19-18(12-16)23-20(25-19)15-6-9-24(10-7-15)11-8-21/h3,5,12,14-15H,2,4,6-11,13H2,1H3/t14-/m0/s1. The predicted octanol–water partition coefficient (Wildman–Crippen LogP) is 4.66. The first-order valence-electron chi connectivity index (χ1n) is 9.45. The number of thiazole rings is 1. The van der Waals surface area contributed by atoms with E-state index < -0.39 is 0 Å². The van der Waals surface area contributed by atoms with Crippen molar-refractivity contribution in [3.8, 4) is 0 Å². The summed E-state index contributed by atoms with van der Waals surface area (Å²) < 4.78 is 13.8. The van der Waals surface area contributed by atoms with Crippen molar-refractivity contribution in [3.63, 3.8) is 0 Å². The second-order valence-corrected chi connectivity index (χ2v) is 8.53. The maximum absolute atomic E-state index is 12.5. The van der Waals surface area contributed by atoms with Gasteiger partial charge in [0.05, 0.1) is 15.2 Å². The Kier molecular flexibility index (Phi) is 5.13. The molecule has 1 aromatic carbocycles. The van der Waals surface area contributed by atoms with Gasteiger partial charge in [-0.2, -0.15) is 0 Å². The molecule has 0 bridgehead atoms. The Morgan fingerprint density at radius 3 is 2.80 bits per heavy atom. The van der Waals surface area contributed by atoms with Gasteiger partial charge in [0.1, 0.15) is 6.67 Å². The largest absolute Gasteiger partial charge is 0.301 e. The minimum atomic E-state index is -0.239. The van der Waals surface area contributed by atoms with Crippen LogP contribution in [-0.4, -0.2) is 48.4 Å².